The monoisotopic (exact) mass is 525 g/mol. The first-order chi connectivity index (χ1) is 17.6. The van der Waals surface area contributed by atoms with Gasteiger partial charge in [0.25, 0.3) is 5.91 Å². The number of fused-ring (bicyclic) bond motifs is 1. The zero-order valence-electron chi connectivity index (χ0n) is 20.5. The Morgan fingerprint density at radius 1 is 1.08 bits per heavy atom. The van der Waals surface area contributed by atoms with Gasteiger partial charge in [0, 0.05) is 61.7 Å². The number of benzene rings is 1. The van der Waals surface area contributed by atoms with E-state index in [1.54, 1.807) is 11.7 Å². The quantitative estimate of drug-likeness (QED) is 0.395. The van der Waals surface area contributed by atoms with Gasteiger partial charge in [0.15, 0.2) is 0 Å². The molecule has 0 N–H and O–H groups in total. The Morgan fingerprint density at radius 2 is 1.92 bits per heavy atom. The molecule has 0 atom stereocenters. The Hall–Kier alpha value is -2.71. The number of rotatable bonds is 8. The maximum atomic E-state index is 13.5. The van der Waals surface area contributed by atoms with E-state index in [0.29, 0.717) is 36.0 Å². The number of thiazole rings is 1. The van der Waals surface area contributed by atoms with Crippen LogP contribution in [0.5, 0.6) is 0 Å². The molecule has 2 aromatic heterocycles. The van der Waals surface area contributed by atoms with Crippen molar-refractivity contribution in [2.75, 3.05) is 37.6 Å². The molecule has 0 saturated carbocycles. The second kappa shape index (κ2) is 11.6. The van der Waals surface area contributed by atoms with Crippen molar-refractivity contribution in [3.8, 4) is 0 Å². The van der Waals surface area contributed by atoms with Gasteiger partial charge < -0.3 is 14.7 Å². The van der Waals surface area contributed by atoms with Crippen LogP contribution in [0.2, 0.25) is 5.02 Å². The third-order valence-corrected chi connectivity index (χ3v) is 8.06. The van der Waals surface area contributed by atoms with Crippen molar-refractivity contribution in [1.82, 2.24) is 19.8 Å². The number of halogens is 1. The van der Waals surface area contributed by atoms with Crippen LogP contribution in [0.3, 0.4) is 0 Å². The lowest BCUT2D eigenvalue weighted by molar-refractivity contribution is -0.127. The number of likely N-dealkylation sites (tertiary alicyclic amines) is 1. The van der Waals surface area contributed by atoms with Gasteiger partial charge in [-0.3, -0.25) is 14.6 Å². The third-order valence-electron chi connectivity index (χ3n) is 7.06. The van der Waals surface area contributed by atoms with Gasteiger partial charge in [-0.1, -0.05) is 30.5 Å². The lowest BCUT2D eigenvalue weighted by atomic mass is 10.1. The van der Waals surface area contributed by atoms with E-state index in [0.717, 1.165) is 67.6 Å². The Balaban J connectivity index is 1.44. The molecule has 0 aliphatic carbocycles. The first-order valence-electron chi connectivity index (χ1n) is 12.9. The highest BCUT2D eigenvalue weighted by molar-refractivity contribution is 7.11. The number of carbonyl (C=O) groups is 2. The van der Waals surface area contributed by atoms with Gasteiger partial charge in [-0.15, -0.1) is 11.3 Å². The number of hydrogen-bond donors (Lipinski definition) is 0. The Labute approximate surface area is 221 Å². The average Bonchev–Trinajstić information content (AvgIpc) is 3.48. The van der Waals surface area contributed by atoms with E-state index in [2.05, 4.69) is 16.0 Å². The SMILES string of the molecule is O=C1CCCN1CCCN(Cc1cc2ccc(Cl)cc2nc1N1CCCCCC1)C(=O)c1cncs1. The number of anilines is 1. The van der Waals surface area contributed by atoms with Crippen LogP contribution >= 0.6 is 22.9 Å². The molecule has 2 aliphatic heterocycles. The van der Waals surface area contributed by atoms with Crippen LogP contribution in [0.15, 0.2) is 36.0 Å². The second-order valence-corrected chi connectivity index (χ2v) is 11.0. The van der Waals surface area contributed by atoms with Crippen LogP contribution in [0.25, 0.3) is 10.9 Å². The van der Waals surface area contributed by atoms with Crippen molar-refractivity contribution in [2.45, 2.75) is 51.5 Å². The van der Waals surface area contributed by atoms with Crippen LogP contribution in [0, 0.1) is 0 Å². The lowest BCUT2D eigenvalue weighted by Crippen LogP contribution is -2.35. The van der Waals surface area contributed by atoms with Crippen molar-refractivity contribution < 1.29 is 9.59 Å². The summed E-state index contributed by atoms with van der Waals surface area (Å²) in [6.07, 6.45) is 8.69. The maximum Gasteiger partial charge on any atom is 0.265 e. The van der Waals surface area contributed by atoms with E-state index < -0.39 is 0 Å². The predicted molar refractivity (Wildman–Crippen MR) is 145 cm³/mol. The number of carbonyl (C=O) groups excluding carboxylic acids is 2. The molecule has 2 saturated heterocycles. The van der Waals surface area contributed by atoms with Crippen LogP contribution in [0.1, 0.15) is 60.2 Å². The standard InChI is InChI=1S/C27H32ClN5O2S/c28-22-9-8-20-15-21(26(30-23(20)16-22)32-10-3-1-2-4-11-32)18-33(27(35)24-17-29-19-36-24)14-6-13-31-12-5-7-25(31)34/h8-9,15-17,19H,1-7,10-14,18H2. The van der Waals surface area contributed by atoms with Gasteiger partial charge in [0.05, 0.1) is 17.2 Å². The van der Waals surface area contributed by atoms with Gasteiger partial charge in [-0.25, -0.2) is 4.98 Å². The van der Waals surface area contributed by atoms with Crippen molar-refractivity contribution >= 4 is 51.5 Å². The maximum absolute atomic E-state index is 13.5. The van der Waals surface area contributed by atoms with Crippen LogP contribution in [-0.2, 0) is 11.3 Å². The summed E-state index contributed by atoms with van der Waals surface area (Å²) in [6, 6.07) is 7.95. The molecule has 1 aromatic carbocycles. The fourth-order valence-corrected chi connectivity index (χ4v) is 5.93. The van der Waals surface area contributed by atoms with Gasteiger partial charge in [0.2, 0.25) is 5.91 Å². The van der Waals surface area contributed by atoms with E-state index in [9.17, 15) is 9.59 Å². The summed E-state index contributed by atoms with van der Waals surface area (Å²) in [7, 11) is 0. The Bertz CT molecular complexity index is 1210. The number of hydrogen-bond acceptors (Lipinski definition) is 6. The summed E-state index contributed by atoms with van der Waals surface area (Å²) in [4.78, 5) is 41.6. The number of nitrogens with zero attached hydrogens (tertiary/aromatic N) is 5. The molecule has 3 aromatic rings. The molecule has 0 unspecified atom stereocenters. The highest BCUT2D eigenvalue weighted by Crippen LogP contribution is 2.29. The summed E-state index contributed by atoms with van der Waals surface area (Å²) < 4.78 is 0. The summed E-state index contributed by atoms with van der Waals surface area (Å²) >= 11 is 7.65. The third kappa shape index (κ3) is 5.81. The van der Waals surface area contributed by atoms with E-state index in [1.807, 2.05) is 28.0 Å². The minimum Gasteiger partial charge on any atom is -0.356 e. The molecule has 0 radical (unpaired) electrons. The predicted octanol–water partition coefficient (Wildman–Crippen LogP) is 5.38. The highest BCUT2D eigenvalue weighted by atomic mass is 35.5. The minimum atomic E-state index is -0.0248. The molecular weight excluding hydrogens is 494 g/mol. The molecule has 36 heavy (non-hydrogen) atoms. The molecule has 2 amide bonds. The molecule has 5 rings (SSSR count). The van der Waals surface area contributed by atoms with Gasteiger partial charge in [-0.05, 0) is 43.9 Å². The average molecular weight is 526 g/mol. The molecule has 2 aliphatic rings. The fraction of sp³-hybridized carbons (Fsp3) is 0.481. The summed E-state index contributed by atoms with van der Waals surface area (Å²) in [5.41, 5.74) is 3.61. The molecule has 7 nitrogen and oxygen atoms in total. The van der Waals surface area contributed by atoms with Crippen molar-refractivity contribution in [3.63, 3.8) is 0 Å². The van der Waals surface area contributed by atoms with Gasteiger partial charge in [-0.2, -0.15) is 0 Å². The summed E-state index contributed by atoms with van der Waals surface area (Å²) in [6.45, 7) is 4.45. The highest BCUT2D eigenvalue weighted by Gasteiger charge is 2.24. The first-order valence-corrected chi connectivity index (χ1v) is 14.1. The van der Waals surface area contributed by atoms with Crippen LogP contribution in [0.4, 0.5) is 5.82 Å². The lowest BCUT2D eigenvalue weighted by Gasteiger charge is -2.28. The van der Waals surface area contributed by atoms with Gasteiger partial charge >= 0.3 is 0 Å². The molecule has 9 heteroatoms. The zero-order valence-corrected chi connectivity index (χ0v) is 22.1. The van der Waals surface area contributed by atoms with Crippen LogP contribution < -0.4 is 4.90 Å². The van der Waals surface area contributed by atoms with Crippen molar-refractivity contribution in [1.29, 1.82) is 0 Å². The minimum absolute atomic E-state index is 0.0248. The van der Waals surface area contributed by atoms with E-state index in [4.69, 9.17) is 16.6 Å². The number of pyridine rings is 1. The Morgan fingerprint density at radius 3 is 2.64 bits per heavy atom. The molecule has 4 heterocycles. The zero-order chi connectivity index (χ0) is 24.9. The molecule has 190 valence electrons. The van der Waals surface area contributed by atoms with E-state index in [-0.39, 0.29) is 11.8 Å². The number of amides is 2. The molecule has 0 bridgehead atoms. The molecule has 2 fully saturated rings. The summed E-state index contributed by atoms with van der Waals surface area (Å²) in [5, 5.41) is 1.68. The normalized spacial score (nSPS) is 16.5. The number of aromatic nitrogens is 2. The van der Waals surface area contributed by atoms with Crippen LogP contribution in [-0.4, -0.2) is 64.3 Å². The smallest absolute Gasteiger partial charge is 0.265 e. The molecule has 0 spiro atoms. The van der Waals surface area contributed by atoms with Crippen molar-refractivity contribution in [3.05, 3.63) is 51.4 Å². The summed E-state index contributed by atoms with van der Waals surface area (Å²) in [5.74, 6) is 1.14. The first kappa shape index (κ1) is 25.0. The second-order valence-electron chi connectivity index (χ2n) is 9.64. The van der Waals surface area contributed by atoms with E-state index in [1.165, 1.54) is 24.2 Å². The largest absolute Gasteiger partial charge is 0.356 e. The van der Waals surface area contributed by atoms with E-state index >= 15 is 0 Å². The fourth-order valence-electron chi connectivity index (χ4n) is 5.17. The Kier molecular flexibility index (Phi) is 8.02. The molecular formula is C27H32ClN5O2S. The topological polar surface area (TPSA) is 69.6 Å². The van der Waals surface area contributed by atoms with Crippen molar-refractivity contribution in [2.24, 2.45) is 0 Å². The van der Waals surface area contributed by atoms with Gasteiger partial charge in [0.1, 0.15) is 10.7 Å².